The Bertz CT molecular complexity index is 2430. The third-order valence-corrected chi connectivity index (χ3v) is 10.3. The number of hydrogen-bond acceptors (Lipinski definition) is 12. The van der Waals surface area contributed by atoms with Gasteiger partial charge >= 0.3 is 12.2 Å². The quantitative estimate of drug-likeness (QED) is 0.0492. The van der Waals surface area contributed by atoms with Crippen LogP contribution in [0.15, 0.2) is 161 Å². The lowest BCUT2D eigenvalue weighted by Crippen LogP contribution is -2.45. The molecule has 3 N–H and O–H groups in total. The molecule has 0 aliphatic heterocycles. The molecule has 6 rings (SSSR count). The SMILES string of the molecule is CCC(COC(=O)Nc1ccc(Cc2ccc(N=C=O)cc2)cc1)(COC(=O)Nc1ccc(Cc2ccc(N=C=O)cc2)cc1)OCC(=O)Nc1ccc(Cc2ccc(N=C=O)cc2)cc1. The van der Waals surface area contributed by atoms with Crippen LogP contribution in [0.2, 0.25) is 0 Å². The first-order valence-corrected chi connectivity index (χ1v) is 20.7. The number of nitrogens with one attached hydrogen (secondary N) is 3. The number of hydrogen-bond donors (Lipinski definition) is 3. The van der Waals surface area contributed by atoms with Gasteiger partial charge in [-0.25, -0.2) is 24.0 Å². The van der Waals surface area contributed by atoms with E-state index in [0.29, 0.717) is 53.4 Å². The van der Waals surface area contributed by atoms with E-state index in [9.17, 15) is 28.8 Å². The predicted molar refractivity (Wildman–Crippen MR) is 248 cm³/mol. The van der Waals surface area contributed by atoms with Crippen molar-refractivity contribution in [3.8, 4) is 0 Å². The summed E-state index contributed by atoms with van der Waals surface area (Å²) in [6.07, 6.45) is 5.01. The molecule has 6 aromatic rings. The highest BCUT2D eigenvalue weighted by Gasteiger charge is 2.34. The first-order chi connectivity index (χ1) is 32.1. The normalized spacial score (nSPS) is 11.3. The minimum atomic E-state index is -1.42. The monoisotopic (exact) mass is 884 g/mol. The van der Waals surface area contributed by atoms with E-state index in [-0.39, 0.29) is 19.6 Å². The van der Waals surface area contributed by atoms with Crippen LogP contribution >= 0.6 is 0 Å². The summed E-state index contributed by atoms with van der Waals surface area (Å²) in [6, 6.07) is 43.2. The number of anilines is 3. The fraction of sp³-hybridized carbons (Fsp3) is 0.176. The number of carbonyl (C=O) groups is 3. The van der Waals surface area contributed by atoms with Crippen molar-refractivity contribution in [3.05, 3.63) is 179 Å². The zero-order chi connectivity index (χ0) is 46.6. The Balaban J connectivity index is 1.05. The molecule has 6 aromatic carbocycles. The first kappa shape index (κ1) is 46.9. The molecule has 0 fully saturated rings. The molecule has 15 nitrogen and oxygen atoms in total. The van der Waals surface area contributed by atoms with E-state index < -0.39 is 30.3 Å². The molecule has 0 aliphatic rings. The number of nitrogens with zero attached hydrogens (tertiary/aromatic N) is 3. The second-order valence-corrected chi connectivity index (χ2v) is 15.0. The summed E-state index contributed by atoms with van der Waals surface area (Å²) in [5.74, 6) is -0.489. The summed E-state index contributed by atoms with van der Waals surface area (Å²) in [6.45, 7) is 0.564. The maximum atomic E-state index is 13.2. The van der Waals surface area contributed by atoms with Crippen LogP contribution in [-0.4, -0.2) is 61.8 Å². The number of rotatable bonds is 20. The molecule has 15 heteroatoms. The van der Waals surface area contributed by atoms with Crippen LogP contribution in [0.1, 0.15) is 46.7 Å². The second kappa shape index (κ2) is 23.8. The van der Waals surface area contributed by atoms with Crippen molar-refractivity contribution in [2.75, 3.05) is 35.8 Å². The highest BCUT2D eigenvalue weighted by atomic mass is 16.6. The molecule has 0 saturated carbocycles. The van der Waals surface area contributed by atoms with Crippen LogP contribution in [0.4, 0.5) is 43.7 Å². The third kappa shape index (κ3) is 14.8. The molecule has 0 bridgehead atoms. The van der Waals surface area contributed by atoms with E-state index in [1.807, 2.05) is 72.8 Å². The Kier molecular flexibility index (Phi) is 16.9. The van der Waals surface area contributed by atoms with Gasteiger partial charge in [0.1, 0.15) is 25.4 Å². The zero-order valence-corrected chi connectivity index (χ0v) is 35.8. The van der Waals surface area contributed by atoms with Gasteiger partial charge in [0.25, 0.3) is 0 Å². The Morgan fingerprint density at radius 1 is 0.455 bits per heavy atom. The average Bonchev–Trinajstić information content (AvgIpc) is 3.33. The van der Waals surface area contributed by atoms with Gasteiger partial charge in [-0.15, -0.1) is 0 Å². The molecule has 0 aromatic heterocycles. The van der Waals surface area contributed by atoms with Gasteiger partial charge < -0.3 is 19.5 Å². The van der Waals surface area contributed by atoms with Crippen LogP contribution in [0.25, 0.3) is 0 Å². The molecule has 66 heavy (non-hydrogen) atoms. The van der Waals surface area contributed by atoms with Gasteiger partial charge in [-0.2, -0.15) is 15.0 Å². The molecule has 0 atom stereocenters. The van der Waals surface area contributed by atoms with Crippen LogP contribution in [0, 0.1) is 0 Å². The molecular weight excluding hydrogens is 841 g/mol. The van der Waals surface area contributed by atoms with Gasteiger partial charge in [0.2, 0.25) is 24.1 Å². The number of amides is 3. The zero-order valence-electron chi connectivity index (χ0n) is 35.8. The molecule has 0 spiro atoms. The largest absolute Gasteiger partial charge is 0.446 e. The fourth-order valence-corrected chi connectivity index (χ4v) is 6.60. The van der Waals surface area contributed by atoms with Gasteiger partial charge in [-0.1, -0.05) is 79.7 Å². The maximum absolute atomic E-state index is 13.2. The van der Waals surface area contributed by atoms with E-state index in [0.717, 1.165) is 33.4 Å². The van der Waals surface area contributed by atoms with Gasteiger partial charge in [-0.3, -0.25) is 15.4 Å². The van der Waals surface area contributed by atoms with Crippen molar-refractivity contribution >= 4 is 70.5 Å². The number of ether oxygens (including phenoxy) is 3. The number of benzene rings is 6. The van der Waals surface area contributed by atoms with Crippen LogP contribution in [0.3, 0.4) is 0 Å². The number of isocyanates is 3. The van der Waals surface area contributed by atoms with Crippen molar-refractivity contribution in [1.82, 2.24) is 0 Å². The van der Waals surface area contributed by atoms with Crippen molar-refractivity contribution in [1.29, 1.82) is 0 Å². The first-order valence-electron chi connectivity index (χ1n) is 20.7. The molecule has 332 valence electrons. The van der Waals surface area contributed by atoms with E-state index in [1.165, 1.54) is 18.2 Å². The van der Waals surface area contributed by atoms with Gasteiger partial charge in [-0.05, 0) is 132 Å². The van der Waals surface area contributed by atoms with Crippen LogP contribution < -0.4 is 16.0 Å². The Labute approximate surface area is 380 Å². The molecule has 0 radical (unpaired) electrons. The van der Waals surface area contributed by atoms with E-state index in [2.05, 4.69) is 30.9 Å². The van der Waals surface area contributed by atoms with Crippen molar-refractivity contribution in [2.45, 2.75) is 38.2 Å². The summed E-state index contributed by atoms with van der Waals surface area (Å²) < 4.78 is 17.4. The molecule has 0 unspecified atom stereocenters. The summed E-state index contributed by atoms with van der Waals surface area (Å²) in [5.41, 5.74) is 7.55. The van der Waals surface area contributed by atoms with Crippen molar-refractivity contribution in [3.63, 3.8) is 0 Å². The summed E-state index contributed by atoms with van der Waals surface area (Å²) in [7, 11) is 0. The van der Waals surface area contributed by atoms with Crippen LogP contribution in [-0.2, 0) is 52.7 Å². The fourth-order valence-electron chi connectivity index (χ4n) is 6.60. The average molecular weight is 885 g/mol. The maximum Gasteiger partial charge on any atom is 0.411 e. The Morgan fingerprint density at radius 2 is 0.742 bits per heavy atom. The van der Waals surface area contributed by atoms with Gasteiger partial charge in [0.05, 0.1) is 17.1 Å². The second-order valence-electron chi connectivity index (χ2n) is 15.0. The van der Waals surface area contributed by atoms with E-state index >= 15 is 0 Å². The van der Waals surface area contributed by atoms with Crippen LogP contribution in [0.5, 0.6) is 0 Å². The predicted octanol–water partition coefficient (Wildman–Crippen LogP) is 9.96. The Morgan fingerprint density at radius 3 is 1.03 bits per heavy atom. The Hall–Kier alpha value is -8.57. The van der Waals surface area contributed by atoms with Crippen molar-refractivity contribution < 1.29 is 43.0 Å². The smallest absolute Gasteiger partial charge is 0.411 e. The minimum Gasteiger partial charge on any atom is -0.446 e. The van der Waals surface area contributed by atoms with E-state index in [4.69, 9.17) is 14.2 Å². The lowest BCUT2D eigenvalue weighted by molar-refractivity contribution is -0.139. The molecule has 3 amide bonds. The molecule has 0 heterocycles. The molecule has 0 aliphatic carbocycles. The van der Waals surface area contributed by atoms with E-state index in [1.54, 1.807) is 79.7 Å². The number of carbonyl (C=O) groups excluding carboxylic acids is 6. The lowest BCUT2D eigenvalue weighted by atomic mass is 10.0. The van der Waals surface area contributed by atoms with Gasteiger partial charge in [0, 0.05) is 17.1 Å². The summed E-state index contributed by atoms with van der Waals surface area (Å²) >= 11 is 0. The standard InChI is InChI=1S/C51H44N6O9/c1-2-51(31-64-49(62)56-46-23-11-40(12-24-46)28-37-5-17-43(18-6-37)53-34-59,32-65-50(63)57-47-25-13-41(14-26-47)29-38-7-19-44(20-8-38)54-35-60)66-30-48(61)55-45-21-9-39(10-22-45)27-36-3-15-42(16-4-36)52-33-58/h3-26H,2,27-32H2,1H3,(H,55,61)(H,56,62)(H,57,63). The lowest BCUT2D eigenvalue weighted by Gasteiger charge is -2.31. The van der Waals surface area contributed by atoms with Gasteiger partial charge in [0.15, 0.2) is 0 Å². The number of aliphatic imine (C=N–C) groups is 3. The highest BCUT2D eigenvalue weighted by Crippen LogP contribution is 2.23. The van der Waals surface area contributed by atoms with Crippen molar-refractivity contribution in [2.24, 2.45) is 15.0 Å². The highest BCUT2D eigenvalue weighted by molar-refractivity contribution is 5.91. The topological polar surface area (TPSA) is 203 Å². The minimum absolute atomic E-state index is 0.187. The third-order valence-electron chi connectivity index (χ3n) is 10.3. The molecule has 0 saturated heterocycles. The summed E-state index contributed by atoms with van der Waals surface area (Å²) in [4.78, 5) is 81.8. The molecular formula is C51H44N6O9. The summed E-state index contributed by atoms with van der Waals surface area (Å²) in [5, 5.41) is 8.21.